The molecule has 0 radical (unpaired) electrons. The molecule has 3 aliphatic rings. The van der Waals surface area contributed by atoms with E-state index >= 15 is 0 Å². The normalized spacial score (nSPS) is 23.3. The number of aliphatic imine (C=N–C) groups is 1. The van der Waals surface area contributed by atoms with Crippen molar-refractivity contribution in [3.8, 4) is 0 Å². The van der Waals surface area contributed by atoms with Crippen LogP contribution in [0.4, 0.5) is 29.1 Å². The number of nitrogens with one attached hydrogen (secondary N) is 1. The van der Waals surface area contributed by atoms with Gasteiger partial charge in [-0.2, -0.15) is 27.6 Å². The first kappa shape index (κ1) is 27.7. The van der Waals surface area contributed by atoms with Gasteiger partial charge in [-0.15, -0.1) is 0 Å². The van der Waals surface area contributed by atoms with Crippen LogP contribution in [0.25, 0.3) is 0 Å². The molecule has 3 aliphatic heterocycles. The molecule has 206 valence electrons. The Kier molecular flexibility index (Phi) is 7.88. The predicted octanol–water partition coefficient (Wildman–Crippen LogP) is 1.40. The van der Waals surface area contributed by atoms with E-state index in [9.17, 15) is 31.9 Å². The van der Waals surface area contributed by atoms with Crippen LogP contribution in [-0.2, 0) is 19.1 Å². The van der Waals surface area contributed by atoms with Crippen LogP contribution in [0.1, 0.15) is 13.3 Å². The molecule has 4 rings (SSSR count). The summed E-state index contributed by atoms with van der Waals surface area (Å²) in [5.41, 5.74) is 1.63. The highest BCUT2D eigenvalue weighted by molar-refractivity contribution is 6.37. The number of carbonyl (C=O) groups excluding carboxylic acids is 3. The number of likely N-dealkylation sites (N-methyl/N-ethyl adjacent to an activating group) is 1. The number of hydrogen-bond donors (Lipinski definition) is 1. The van der Waals surface area contributed by atoms with Crippen molar-refractivity contribution in [2.75, 3.05) is 49.7 Å². The lowest BCUT2D eigenvalue weighted by molar-refractivity contribution is -0.168. The zero-order chi connectivity index (χ0) is 27.8. The number of halogens is 5. The van der Waals surface area contributed by atoms with Crippen LogP contribution >= 0.6 is 11.6 Å². The number of nitrogens with zero attached hydrogens (tertiary/aromatic N) is 6. The molecule has 4 heterocycles. The van der Waals surface area contributed by atoms with Crippen LogP contribution in [0.5, 0.6) is 0 Å². The second-order valence-electron chi connectivity index (χ2n) is 8.99. The number of fused-ring (bicyclic) bond motifs is 3. The van der Waals surface area contributed by atoms with Gasteiger partial charge in [0, 0.05) is 20.1 Å². The van der Waals surface area contributed by atoms with Crippen molar-refractivity contribution in [1.29, 1.82) is 0 Å². The average Bonchev–Trinajstić information content (AvgIpc) is 2.85. The SMILES string of the molecule is C[C@@H](COCCC(=O)N1CCN2c3nc(F)c(Cl)cc3N(C)C(=O)[C@@H]2C1)N=C1C=NNC(=O)C1C(F)(F)F. The van der Waals surface area contributed by atoms with Crippen molar-refractivity contribution in [2.45, 2.75) is 31.6 Å². The summed E-state index contributed by atoms with van der Waals surface area (Å²) in [5.74, 6) is -4.88. The molecule has 3 atom stereocenters. The molecule has 0 aromatic carbocycles. The van der Waals surface area contributed by atoms with E-state index in [0.29, 0.717) is 5.69 Å². The third kappa shape index (κ3) is 5.57. The number of anilines is 2. The standard InChI is InChI=1S/C22H24ClF4N7O4/c1-11(29-13-8-28-31-20(36)17(13)22(25,26)27)10-38-6-3-16(35)33-4-5-34-15(9-33)21(37)32(2)14-7-12(23)18(24)30-19(14)34/h7-8,11,15,17H,3-6,9-10H2,1-2H3,(H,31,36)/t11-,15-,17?/m0/s1. The summed E-state index contributed by atoms with van der Waals surface area (Å²) in [6.45, 7) is 1.97. The molecule has 0 spiro atoms. The average molecular weight is 562 g/mol. The molecule has 1 aromatic rings. The van der Waals surface area contributed by atoms with Crippen LogP contribution in [0.3, 0.4) is 0 Å². The molecule has 1 N–H and O–H groups in total. The van der Waals surface area contributed by atoms with E-state index in [1.807, 2.05) is 0 Å². The van der Waals surface area contributed by atoms with Crippen molar-refractivity contribution in [3.63, 3.8) is 0 Å². The van der Waals surface area contributed by atoms with Gasteiger partial charge in [-0.3, -0.25) is 19.4 Å². The minimum absolute atomic E-state index is 0.0296. The second-order valence-corrected chi connectivity index (χ2v) is 9.39. The highest BCUT2D eigenvalue weighted by Crippen LogP contribution is 2.37. The summed E-state index contributed by atoms with van der Waals surface area (Å²) in [4.78, 5) is 49.6. The highest BCUT2D eigenvalue weighted by atomic mass is 35.5. The lowest BCUT2D eigenvalue weighted by Crippen LogP contribution is -2.63. The summed E-state index contributed by atoms with van der Waals surface area (Å²) < 4.78 is 59.0. The molecule has 0 aliphatic carbocycles. The monoisotopic (exact) mass is 561 g/mol. The minimum Gasteiger partial charge on any atom is -0.379 e. The van der Waals surface area contributed by atoms with Crippen molar-refractivity contribution in [1.82, 2.24) is 15.3 Å². The summed E-state index contributed by atoms with van der Waals surface area (Å²) >= 11 is 5.82. The fourth-order valence-corrected chi connectivity index (χ4v) is 4.59. The van der Waals surface area contributed by atoms with Gasteiger partial charge in [-0.25, -0.2) is 5.43 Å². The summed E-state index contributed by atoms with van der Waals surface area (Å²) in [5, 5.41) is 3.18. The number of carbonyl (C=O) groups is 3. The number of hydrogen-bond acceptors (Lipinski definition) is 8. The summed E-state index contributed by atoms with van der Waals surface area (Å²) in [7, 11) is 1.52. The molecule has 1 aromatic heterocycles. The molecule has 11 nitrogen and oxygen atoms in total. The number of rotatable bonds is 6. The number of amides is 3. The second kappa shape index (κ2) is 10.8. The van der Waals surface area contributed by atoms with Crippen molar-refractivity contribution in [2.24, 2.45) is 16.0 Å². The Bertz CT molecular complexity index is 1190. The largest absolute Gasteiger partial charge is 0.406 e. The first-order valence-corrected chi connectivity index (χ1v) is 12.0. The Morgan fingerprint density at radius 3 is 2.79 bits per heavy atom. The van der Waals surface area contributed by atoms with Gasteiger partial charge in [0.15, 0.2) is 11.7 Å². The Morgan fingerprint density at radius 1 is 1.34 bits per heavy atom. The van der Waals surface area contributed by atoms with E-state index in [-0.39, 0.29) is 61.9 Å². The van der Waals surface area contributed by atoms with E-state index in [2.05, 4.69) is 15.1 Å². The van der Waals surface area contributed by atoms with Crippen LogP contribution in [0.15, 0.2) is 16.2 Å². The van der Waals surface area contributed by atoms with Gasteiger partial charge in [-0.1, -0.05) is 11.6 Å². The van der Waals surface area contributed by atoms with Crippen molar-refractivity contribution >= 4 is 52.8 Å². The van der Waals surface area contributed by atoms with Crippen LogP contribution in [0.2, 0.25) is 5.02 Å². The maximum Gasteiger partial charge on any atom is 0.406 e. The highest BCUT2D eigenvalue weighted by Gasteiger charge is 2.49. The Hall–Kier alpha value is -3.33. The molecular formula is C22H24ClF4N7O4. The quantitative estimate of drug-likeness (QED) is 0.318. The van der Waals surface area contributed by atoms with E-state index in [0.717, 1.165) is 6.21 Å². The fraction of sp³-hybridized carbons (Fsp3) is 0.545. The molecular weight excluding hydrogens is 538 g/mol. The molecule has 0 saturated carbocycles. The molecule has 1 fully saturated rings. The van der Waals surface area contributed by atoms with E-state index in [1.54, 1.807) is 10.3 Å². The van der Waals surface area contributed by atoms with Crippen LogP contribution in [-0.4, -0.2) is 97.7 Å². The first-order chi connectivity index (χ1) is 17.9. The lowest BCUT2D eigenvalue weighted by Gasteiger charge is -2.46. The zero-order valence-electron chi connectivity index (χ0n) is 20.3. The topological polar surface area (TPSA) is 120 Å². The Labute approximate surface area is 219 Å². The smallest absolute Gasteiger partial charge is 0.379 e. The summed E-state index contributed by atoms with van der Waals surface area (Å²) in [6.07, 6.45) is -4.01. The number of ether oxygens (including phenoxy) is 1. The van der Waals surface area contributed by atoms with E-state index in [1.165, 1.54) is 29.8 Å². The van der Waals surface area contributed by atoms with E-state index in [4.69, 9.17) is 16.3 Å². The molecule has 0 bridgehead atoms. The number of alkyl halides is 3. The minimum atomic E-state index is -4.82. The molecule has 1 saturated heterocycles. The van der Waals surface area contributed by atoms with Crippen molar-refractivity contribution < 1.29 is 36.7 Å². The number of aromatic nitrogens is 1. The third-order valence-electron chi connectivity index (χ3n) is 6.32. The lowest BCUT2D eigenvalue weighted by atomic mass is 10.0. The van der Waals surface area contributed by atoms with Gasteiger partial charge in [0.1, 0.15) is 6.04 Å². The molecule has 1 unspecified atom stereocenters. The summed E-state index contributed by atoms with van der Waals surface area (Å²) in [6, 6.07) is -0.138. The van der Waals surface area contributed by atoms with Crippen molar-refractivity contribution in [3.05, 3.63) is 17.0 Å². The maximum absolute atomic E-state index is 14.0. The Morgan fingerprint density at radius 2 is 2.08 bits per heavy atom. The van der Waals surface area contributed by atoms with Gasteiger partial charge in [0.2, 0.25) is 11.9 Å². The fourth-order valence-electron chi connectivity index (χ4n) is 4.45. The van der Waals surface area contributed by atoms with Gasteiger partial charge in [-0.05, 0) is 13.0 Å². The number of piperazine rings is 1. The maximum atomic E-state index is 14.0. The van der Waals surface area contributed by atoms with Gasteiger partial charge < -0.3 is 19.4 Å². The predicted molar refractivity (Wildman–Crippen MR) is 129 cm³/mol. The Balaban J connectivity index is 1.30. The van der Waals surface area contributed by atoms with Gasteiger partial charge >= 0.3 is 6.18 Å². The van der Waals surface area contributed by atoms with Gasteiger partial charge in [0.05, 0.1) is 54.9 Å². The van der Waals surface area contributed by atoms with Crippen LogP contribution < -0.4 is 15.2 Å². The van der Waals surface area contributed by atoms with Gasteiger partial charge in [0.25, 0.3) is 11.8 Å². The number of hydrazone groups is 1. The molecule has 16 heteroatoms. The molecule has 3 amide bonds. The van der Waals surface area contributed by atoms with E-state index < -0.39 is 41.7 Å². The van der Waals surface area contributed by atoms with Crippen LogP contribution in [0, 0.1) is 11.9 Å². The molecule has 38 heavy (non-hydrogen) atoms. The number of pyridine rings is 1. The first-order valence-electron chi connectivity index (χ1n) is 11.6. The zero-order valence-corrected chi connectivity index (χ0v) is 21.1. The third-order valence-corrected chi connectivity index (χ3v) is 6.59.